The number of hydrogen-bond donors (Lipinski definition) is 2. The number of nitrogens with one attached hydrogen (secondary N) is 1. The average molecular weight is 310 g/mol. The Morgan fingerprint density at radius 3 is 2.70 bits per heavy atom. The van der Waals surface area contributed by atoms with Gasteiger partial charge in [0, 0.05) is 5.39 Å². The van der Waals surface area contributed by atoms with Gasteiger partial charge in [-0.15, -0.1) is 0 Å². The van der Waals surface area contributed by atoms with Crippen LogP contribution in [0.4, 0.5) is 0 Å². The summed E-state index contributed by atoms with van der Waals surface area (Å²) < 4.78 is 5.33. The minimum absolute atomic E-state index is 0.357. The Labute approximate surface area is 131 Å². The average Bonchev–Trinajstić information content (AvgIpc) is 3.08. The van der Waals surface area contributed by atoms with Gasteiger partial charge in [0.15, 0.2) is 5.76 Å². The molecule has 3 rings (SSSR count). The van der Waals surface area contributed by atoms with Crippen molar-refractivity contribution in [1.82, 2.24) is 10.3 Å². The lowest BCUT2D eigenvalue weighted by atomic mass is 10.1. The number of carbonyl (C=O) groups excluding carboxylic acids is 1. The van der Waals surface area contributed by atoms with Gasteiger partial charge in [0.1, 0.15) is 11.7 Å². The number of benzene rings is 1. The van der Waals surface area contributed by atoms with Gasteiger partial charge in [-0.25, -0.2) is 4.98 Å². The molecule has 1 amide bonds. The van der Waals surface area contributed by atoms with Crippen LogP contribution in [0.5, 0.6) is 0 Å². The second-order valence-electron chi connectivity index (χ2n) is 5.08. The van der Waals surface area contributed by atoms with Crippen LogP contribution in [0, 0.1) is 0 Å². The first-order valence-electron chi connectivity index (χ1n) is 7.03. The third-order valence-corrected chi connectivity index (χ3v) is 3.45. The Bertz CT molecular complexity index is 871. The van der Waals surface area contributed by atoms with Gasteiger partial charge in [-0.3, -0.25) is 9.59 Å². The molecule has 1 atom stereocenters. The summed E-state index contributed by atoms with van der Waals surface area (Å²) in [5.74, 6) is -1.02. The van der Waals surface area contributed by atoms with Gasteiger partial charge in [-0.1, -0.05) is 18.2 Å². The fraction of sp³-hybridized carbons (Fsp3) is 0.118. The van der Waals surface area contributed by atoms with Crippen molar-refractivity contribution in [3.05, 3.63) is 54.3 Å². The van der Waals surface area contributed by atoms with Crippen molar-refractivity contribution >= 4 is 22.8 Å². The SMILES string of the molecule is C[C@@H](NC(=O)c1cc(-c2ccco2)nc2ccccc12)C(=O)O. The molecule has 0 aliphatic carbocycles. The molecule has 0 aliphatic heterocycles. The van der Waals surface area contributed by atoms with E-state index in [1.807, 2.05) is 6.07 Å². The molecule has 23 heavy (non-hydrogen) atoms. The van der Waals surface area contributed by atoms with Crippen LogP contribution in [0.2, 0.25) is 0 Å². The molecule has 0 fully saturated rings. The normalized spacial score (nSPS) is 12.0. The van der Waals surface area contributed by atoms with E-state index in [1.165, 1.54) is 13.2 Å². The maximum Gasteiger partial charge on any atom is 0.325 e. The summed E-state index contributed by atoms with van der Waals surface area (Å²) in [6.45, 7) is 1.41. The van der Waals surface area contributed by atoms with Gasteiger partial charge in [-0.2, -0.15) is 0 Å². The zero-order valence-electron chi connectivity index (χ0n) is 12.3. The summed E-state index contributed by atoms with van der Waals surface area (Å²) in [5.41, 5.74) is 1.51. The molecule has 2 aromatic heterocycles. The van der Waals surface area contributed by atoms with Gasteiger partial charge in [-0.05, 0) is 31.2 Å². The number of hydrogen-bond acceptors (Lipinski definition) is 4. The lowest BCUT2D eigenvalue weighted by molar-refractivity contribution is -0.138. The fourth-order valence-electron chi connectivity index (χ4n) is 2.25. The summed E-state index contributed by atoms with van der Waals surface area (Å²) in [6.07, 6.45) is 1.53. The predicted molar refractivity (Wildman–Crippen MR) is 84.0 cm³/mol. The third kappa shape index (κ3) is 2.91. The summed E-state index contributed by atoms with van der Waals surface area (Å²) in [5, 5.41) is 12.1. The van der Waals surface area contributed by atoms with Crippen molar-refractivity contribution in [1.29, 1.82) is 0 Å². The first-order chi connectivity index (χ1) is 11.1. The summed E-state index contributed by atoms with van der Waals surface area (Å²) in [7, 11) is 0. The van der Waals surface area contributed by atoms with Crippen LogP contribution >= 0.6 is 0 Å². The van der Waals surface area contributed by atoms with E-state index in [9.17, 15) is 9.59 Å². The molecular weight excluding hydrogens is 296 g/mol. The molecule has 2 N–H and O–H groups in total. The highest BCUT2D eigenvalue weighted by Crippen LogP contribution is 2.25. The fourth-order valence-corrected chi connectivity index (χ4v) is 2.25. The van der Waals surface area contributed by atoms with E-state index in [-0.39, 0.29) is 0 Å². The van der Waals surface area contributed by atoms with Crippen LogP contribution in [-0.2, 0) is 4.79 Å². The van der Waals surface area contributed by atoms with Gasteiger partial charge in [0.05, 0.1) is 17.3 Å². The van der Waals surface area contributed by atoms with Crippen molar-refractivity contribution in [2.24, 2.45) is 0 Å². The Morgan fingerprint density at radius 2 is 2.00 bits per heavy atom. The molecule has 0 aliphatic rings. The Morgan fingerprint density at radius 1 is 1.22 bits per heavy atom. The quantitative estimate of drug-likeness (QED) is 0.773. The van der Waals surface area contributed by atoms with Crippen LogP contribution in [-0.4, -0.2) is 28.0 Å². The predicted octanol–water partition coefficient (Wildman–Crippen LogP) is 2.70. The maximum absolute atomic E-state index is 12.5. The monoisotopic (exact) mass is 310 g/mol. The molecule has 0 unspecified atom stereocenters. The number of aliphatic carboxylic acids is 1. The lowest BCUT2D eigenvalue weighted by Gasteiger charge is -2.12. The van der Waals surface area contributed by atoms with Gasteiger partial charge in [0.25, 0.3) is 5.91 Å². The van der Waals surface area contributed by atoms with E-state index < -0.39 is 17.9 Å². The molecule has 116 valence electrons. The number of furan rings is 1. The van der Waals surface area contributed by atoms with Gasteiger partial charge >= 0.3 is 5.97 Å². The van der Waals surface area contributed by atoms with Gasteiger partial charge < -0.3 is 14.8 Å². The number of fused-ring (bicyclic) bond motifs is 1. The molecule has 0 radical (unpaired) electrons. The van der Waals surface area contributed by atoms with Crippen molar-refractivity contribution in [3.63, 3.8) is 0 Å². The van der Waals surface area contributed by atoms with Crippen molar-refractivity contribution < 1.29 is 19.1 Å². The highest BCUT2D eigenvalue weighted by atomic mass is 16.4. The highest BCUT2D eigenvalue weighted by molar-refractivity contribution is 6.08. The molecule has 0 saturated heterocycles. The third-order valence-electron chi connectivity index (χ3n) is 3.45. The minimum Gasteiger partial charge on any atom is -0.480 e. The van der Waals surface area contributed by atoms with E-state index in [4.69, 9.17) is 9.52 Å². The van der Waals surface area contributed by atoms with Crippen LogP contribution in [0.25, 0.3) is 22.4 Å². The number of carboxylic acids is 1. The van der Waals surface area contributed by atoms with Crippen molar-refractivity contribution in [2.45, 2.75) is 13.0 Å². The molecule has 2 heterocycles. The number of rotatable bonds is 4. The van der Waals surface area contributed by atoms with Gasteiger partial charge in [0.2, 0.25) is 0 Å². The molecule has 0 saturated carbocycles. The number of amides is 1. The van der Waals surface area contributed by atoms with E-state index in [1.54, 1.807) is 36.4 Å². The second-order valence-corrected chi connectivity index (χ2v) is 5.08. The van der Waals surface area contributed by atoms with E-state index in [2.05, 4.69) is 10.3 Å². The van der Waals surface area contributed by atoms with Crippen LogP contribution in [0.15, 0.2) is 53.1 Å². The minimum atomic E-state index is -1.09. The zero-order chi connectivity index (χ0) is 16.4. The first-order valence-corrected chi connectivity index (χ1v) is 7.03. The first kappa shape index (κ1) is 14.8. The summed E-state index contributed by atoms with van der Waals surface area (Å²) in [4.78, 5) is 27.9. The molecule has 6 heteroatoms. The number of carboxylic acid groups (broad SMARTS) is 1. The summed E-state index contributed by atoms with van der Waals surface area (Å²) in [6, 6.07) is 11.3. The molecule has 6 nitrogen and oxygen atoms in total. The van der Waals surface area contributed by atoms with E-state index in [0.717, 1.165) is 0 Å². The molecule has 3 aromatic rings. The Balaban J connectivity index is 2.10. The molecule has 0 bridgehead atoms. The van der Waals surface area contributed by atoms with Crippen LogP contribution in [0.3, 0.4) is 0 Å². The molecule has 1 aromatic carbocycles. The smallest absolute Gasteiger partial charge is 0.325 e. The van der Waals surface area contributed by atoms with Crippen molar-refractivity contribution in [2.75, 3.05) is 0 Å². The van der Waals surface area contributed by atoms with E-state index >= 15 is 0 Å². The highest BCUT2D eigenvalue weighted by Gasteiger charge is 2.19. The number of nitrogens with zero attached hydrogens (tertiary/aromatic N) is 1. The standard InChI is InChI=1S/C17H14N2O4/c1-10(17(21)22)18-16(20)12-9-14(15-7-4-8-23-15)19-13-6-3-2-5-11(12)13/h2-10H,1H3,(H,18,20)(H,21,22)/t10-/m1/s1. The topological polar surface area (TPSA) is 92.4 Å². The number of carbonyl (C=O) groups is 2. The lowest BCUT2D eigenvalue weighted by Crippen LogP contribution is -2.38. The van der Waals surface area contributed by atoms with E-state index in [0.29, 0.717) is 27.9 Å². The largest absolute Gasteiger partial charge is 0.480 e. The maximum atomic E-state index is 12.5. The second kappa shape index (κ2) is 5.92. The molecular formula is C17H14N2O4. The zero-order valence-corrected chi connectivity index (χ0v) is 12.3. The van der Waals surface area contributed by atoms with Crippen molar-refractivity contribution in [3.8, 4) is 11.5 Å². The number of para-hydroxylation sites is 1. The Kier molecular flexibility index (Phi) is 3.80. The summed E-state index contributed by atoms with van der Waals surface area (Å²) >= 11 is 0. The molecule has 0 spiro atoms. The van der Waals surface area contributed by atoms with Crippen LogP contribution in [0.1, 0.15) is 17.3 Å². The number of pyridine rings is 1. The Hall–Kier alpha value is -3.15. The van der Waals surface area contributed by atoms with Crippen LogP contribution < -0.4 is 5.32 Å². The number of aromatic nitrogens is 1.